The predicted molar refractivity (Wildman–Crippen MR) is 80.1 cm³/mol. The quantitative estimate of drug-likeness (QED) is 0.840. The highest BCUT2D eigenvalue weighted by Gasteiger charge is 2.16. The monoisotopic (exact) mass is 331 g/mol. The number of benzene rings is 2. The Morgan fingerprint density at radius 2 is 1.65 bits per heavy atom. The second-order valence-corrected chi connectivity index (χ2v) is 6.77. The van der Waals surface area contributed by atoms with E-state index in [9.17, 15) is 13.5 Å². The summed E-state index contributed by atoms with van der Waals surface area (Å²) in [6.45, 7) is 1.68. The van der Waals surface area contributed by atoms with Crippen molar-refractivity contribution >= 4 is 38.9 Å². The van der Waals surface area contributed by atoms with Crippen LogP contribution in [0.1, 0.15) is 5.56 Å². The Hall–Kier alpha value is -1.43. The van der Waals surface area contributed by atoms with Gasteiger partial charge in [-0.15, -0.1) is 0 Å². The Morgan fingerprint density at radius 1 is 1.05 bits per heavy atom. The number of halogens is 2. The molecule has 0 aliphatic rings. The lowest BCUT2D eigenvalue weighted by atomic mass is 10.2. The molecule has 0 aromatic heterocycles. The Kier molecular flexibility index (Phi) is 4.13. The van der Waals surface area contributed by atoms with Crippen LogP contribution >= 0.6 is 23.2 Å². The van der Waals surface area contributed by atoms with E-state index in [2.05, 4.69) is 4.72 Å². The number of hydrogen-bond donors (Lipinski definition) is 2. The molecule has 0 saturated heterocycles. The summed E-state index contributed by atoms with van der Waals surface area (Å²) < 4.78 is 26.9. The highest BCUT2D eigenvalue weighted by atomic mass is 35.5. The third kappa shape index (κ3) is 3.36. The lowest BCUT2D eigenvalue weighted by Crippen LogP contribution is -2.13. The number of nitrogens with one attached hydrogen (secondary N) is 1. The van der Waals surface area contributed by atoms with Crippen molar-refractivity contribution in [2.24, 2.45) is 0 Å². The van der Waals surface area contributed by atoms with Crippen LogP contribution in [0.3, 0.4) is 0 Å². The van der Waals surface area contributed by atoms with E-state index < -0.39 is 10.0 Å². The van der Waals surface area contributed by atoms with E-state index in [1.807, 2.05) is 0 Å². The van der Waals surface area contributed by atoms with Gasteiger partial charge in [-0.25, -0.2) is 8.42 Å². The summed E-state index contributed by atoms with van der Waals surface area (Å²) >= 11 is 11.6. The van der Waals surface area contributed by atoms with Crippen LogP contribution in [0, 0.1) is 6.92 Å². The minimum Gasteiger partial charge on any atom is -0.508 e. The molecule has 2 rings (SSSR count). The van der Waals surface area contributed by atoms with Gasteiger partial charge in [0, 0.05) is 10.0 Å². The van der Waals surface area contributed by atoms with Crippen LogP contribution in [0.25, 0.3) is 0 Å². The molecule has 0 aliphatic carbocycles. The molecule has 2 aromatic rings. The van der Waals surface area contributed by atoms with Crippen LogP contribution in [-0.4, -0.2) is 13.5 Å². The number of hydrogen-bond acceptors (Lipinski definition) is 3. The summed E-state index contributed by atoms with van der Waals surface area (Å²) in [4.78, 5) is -0.0255. The first-order chi connectivity index (χ1) is 9.28. The minimum absolute atomic E-state index is 0.0255. The molecule has 0 atom stereocenters. The third-order valence-electron chi connectivity index (χ3n) is 2.60. The normalized spacial score (nSPS) is 11.3. The van der Waals surface area contributed by atoms with Gasteiger partial charge in [0.15, 0.2) is 0 Å². The first kappa shape index (κ1) is 15.0. The van der Waals surface area contributed by atoms with Crippen molar-refractivity contribution in [2.75, 3.05) is 4.72 Å². The van der Waals surface area contributed by atoms with Gasteiger partial charge >= 0.3 is 0 Å². The fraction of sp³-hybridized carbons (Fsp3) is 0.0769. The first-order valence-corrected chi connectivity index (χ1v) is 7.80. The van der Waals surface area contributed by atoms with Gasteiger partial charge in [-0.3, -0.25) is 4.72 Å². The third-order valence-corrected chi connectivity index (χ3v) is 4.38. The van der Waals surface area contributed by atoms with Crippen molar-refractivity contribution in [1.29, 1.82) is 0 Å². The zero-order valence-corrected chi connectivity index (χ0v) is 12.7. The largest absolute Gasteiger partial charge is 0.508 e. The van der Waals surface area contributed by atoms with Crippen molar-refractivity contribution < 1.29 is 13.5 Å². The van der Waals surface area contributed by atoms with Crippen molar-refractivity contribution in [3.8, 4) is 5.75 Å². The Labute approximate surface area is 127 Å². The molecule has 20 heavy (non-hydrogen) atoms. The van der Waals surface area contributed by atoms with E-state index in [1.165, 1.54) is 36.4 Å². The predicted octanol–water partition coefficient (Wildman–Crippen LogP) is 3.81. The van der Waals surface area contributed by atoms with Crippen LogP contribution in [0.4, 0.5) is 5.69 Å². The van der Waals surface area contributed by atoms with Crippen molar-refractivity contribution in [3.05, 3.63) is 52.0 Å². The maximum atomic E-state index is 12.3. The van der Waals surface area contributed by atoms with E-state index >= 15 is 0 Å². The summed E-state index contributed by atoms with van der Waals surface area (Å²) in [5.41, 5.74) is 0.973. The van der Waals surface area contributed by atoms with Crippen LogP contribution in [0.2, 0.25) is 10.0 Å². The topological polar surface area (TPSA) is 66.4 Å². The first-order valence-electron chi connectivity index (χ1n) is 5.56. The molecule has 0 amide bonds. The zero-order chi connectivity index (χ0) is 14.9. The molecule has 0 bridgehead atoms. The van der Waals surface area contributed by atoms with Crippen LogP contribution in [-0.2, 0) is 10.0 Å². The second-order valence-electron chi connectivity index (χ2n) is 4.21. The van der Waals surface area contributed by atoms with Crippen LogP contribution in [0.15, 0.2) is 41.3 Å². The van der Waals surface area contributed by atoms with Crippen LogP contribution < -0.4 is 4.72 Å². The summed E-state index contributed by atoms with van der Waals surface area (Å²) in [6, 6.07) is 8.41. The molecule has 0 heterocycles. The van der Waals surface area contributed by atoms with Crippen molar-refractivity contribution in [3.63, 3.8) is 0 Å². The van der Waals surface area contributed by atoms with Gasteiger partial charge in [-0.2, -0.15) is 0 Å². The molecule has 0 aliphatic heterocycles. The molecule has 4 nitrogen and oxygen atoms in total. The zero-order valence-electron chi connectivity index (χ0n) is 10.4. The number of phenolic OH excluding ortho intramolecular Hbond substituents is 1. The number of anilines is 1. The molecule has 2 aromatic carbocycles. The van der Waals surface area contributed by atoms with Crippen molar-refractivity contribution in [1.82, 2.24) is 0 Å². The number of rotatable bonds is 3. The lowest BCUT2D eigenvalue weighted by Gasteiger charge is -2.11. The van der Waals surface area contributed by atoms with Gasteiger partial charge < -0.3 is 5.11 Å². The van der Waals surface area contributed by atoms with E-state index in [0.717, 1.165) is 0 Å². The fourth-order valence-corrected chi connectivity index (χ4v) is 3.51. The molecule has 7 heteroatoms. The van der Waals surface area contributed by atoms with Gasteiger partial charge in [-0.1, -0.05) is 23.2 Å². The molecule has 0 radical (unpaired) electrons. The molecule has 0 spiro atoms. The molecule has 2 N–H and O–H groups in total. The number of aryl methyl sites for hydroxylation is 1. The van der Waals surface area contributed by atoms with Crippen LogP contribution in [0.5, 0.6) is 5.75 Å². The molecule has 0 fully saturated rings. The molecular formula is C13H11Cl2NO3S. The highest BCUT2D eigenvalue weighted by molar-refractivity contribution is 7.92. The second kappa shape index (κ2) is 5.52. The average molecular weight is 332 g/mol. The van der Waals surface area contributed by atoms with Gasteiger partial charge in [-0.05, 0) is 48.9 Å². The maximum Gasteiger partial charge on any atom is 0.262 e. The fourth-order valence-electron chi connectivity index (χ4n) is 1.65. The SMILES string of the molecule is Cc1cc(O)ccc1NS(=O)(=O)c1cc(Cl)cc(Cl)c1. The molecule has 0 saturated carbocycles. The van der Waals surface area contributed by atoms with Gasteiger partial charge in [0.05, 0.1) is 10.6 Å². The smallest absolute Gasteiger partial charge is 0.262 e. The number of phenols is 1. The molecule has 0 unspecified atom stereocenters. The van der Waals surface area contributed by atoms with E-state index in [1.54, 1.807) is 6.92 Å². The average Bonchev–Trinajstić information content (AvgIpc) is 2.31. The summed E-state index contributed by atoms with van der Waals surface area (Å²) in [5.74, 6) is 0.0660. The Balaban J connectivity index is 2.40. The molecule has 106 valence electrons. The lowest BCUT2D eigenvalue weighted by molar-refractivity contribution is 0.475. The standard InChI is InChI=1S/C13H11Cl2NO3S/c1-8-4-11(17)2-3-13(8)16-20(18,19)12-6-9(14)5-10(15)7-12/h2-7,16-17H,1H3. The van der Waals surface area contributed by atoms with E-state index in [4.69, 9.17) is 23.2 Å². The van der Waals surface area contributed by atoms with E-state index in [-0.39, 0.29) is 20.7 Å². The summed E-state index contributed by atoms with van der Waals surface area (Å²) in [6.07, 6.45) is 0. The van der Waals surface area contributed by atoms with Gasteiger partial charge in [0.25, 0.3) is 10.0 Å². The minimum atomic E-state index is -3.79. The van der Waals surface area contributed by atoms with Gasteiger partial charge in [0.1, 0.15) is 5.75 Å². The maximum absolute atomic E-state index is 12.3. The number of sulfonamides is 1. The van der Waals surface area contributed by atoms with Crippen molar-refractivity contribution in [2.45, 2.75) is 11.8 Å². The number of aromatic hydroxyl groups is 1. The summed E-state index contributed by atoms with van der Waals surface area (Å²) in [7, 11) is -3.79. The van der Waals surface area contributed by atoms with E-state index in [0.29, 0.717) is 11.3 Å². The molecular weight excluding hydrogens is 321 g/mol. The summed E-state index contributed by atoms with van der Waals surface area (Å²) in [5, 5.41) is 9.79. The highest BCUT2D eigenvalue weighted by Crippen LogP contribution is 2.26. The van der Waals surface area contributed by atoms with Gasteiger partial charge in [0.2, 0.25) is 0 Å². The Bertz CT molecular complexity index is 740. The Morgan fingerprint density at radius 3 is 2.20 bits per heavy atom.